The third-order valence-corrected chi connectivity index (χ3v) is 4.21. The zero-order valence-corrected chi connectivity index (χ0v) is 12.4. The number of hydrogen-bond donors (Lipinski definition) is 2. The van der Waals surface area contributed by atoms with E-state index in [4.69, 9.17) is 17.3 Å². The Morgan fingerprint density at radius 3 is 2.60 bits per heavy atom. The van der Waals surface area contributed by atoms with Crippen LogP contribution in [0.15, 0.2) is 53.4 Å². The fourth-order valence-electron chi connectivity index (χ4n) is 1.67. The Morgan fingerprint density at radius 2 is 1.90 bits per heavy atom. The molecule has 0 atom stereocenters. The maximum Gasteiger partial charge on any atom is 0.225 e. The summed E-state index contributed by atoms with van der Waals surface area (Å²) >= 11 is 7.57. The highest BCUT2D eigenvalue weighted by molar-refractivity contribution is 7.99. The lowest BCUT2D eigenvalue weighted by Crippen LogP contribution is -2.12. The first-order chi connectivity index (χ1) is 9.66. The van der Waals surface area contributed by atoms with Crippen LogP contribution in [0.25, 0.3) is 0 Å². The molecular weight excluding hydrogens is 292 g/mol. The molecule has 20 heavy (non-hydrogen) atoms. The van der Waals surface area contributed by atoms with E-state index in [1.54, 1.807) is 12.1 Å². The Bertz CT molecular complexity index is 569. The van der Waals surface area contributed by atoms with Gasteiger partial charge in [-0.25, -0.2) is 0 Å². The van der Waals surface area contributed by atoms with Crippen molar-refractivity contribution in [1.29, 1.82) is 0 Å². The van der Waals surface area contributed by atoms with Gasteiger partial charge in [0.25, 0.3) is 0 Å². The summed E-state index contributed by atoms with van der Waals surface area (Å²) in [4.78, 5) is 12.6. The first-order valence-electron chi connectivity index (χ1n) is 6.18. The normalized spacial score (nSPS) is 10.2. The molecule has 0 bridgehead atoms. The second-order valence-electron chi connectivity index (χ2n) is 4.17. The number of nitrogens with two attached hydrogens (primary N) is 1. The molecule has 3 N–H and O–H groups in total. The van der Waals surface area contributed by atoms with Gasteiger partial charge in [-0.05, 0) is 24.3 Å². The van der Waals surface area contributed by atoms with E-state index in [-0.39, 0.29) is 5.91 Å². The van der Waals surface area contributed by atoms with Gasteiger partial charge in [-0.15, -0.1) is 11.8 Å². The topological polar surface area (TPSA) is 55.1 Å². The molecule has 0 aliphatic heterocycles. The van der Waals surface area contributed by atoms with Gasteiger partial charge in [0.15, 0.2) is 0 Å². The van der Waals surface area contributed by atoms with Gasteiger partial charge in [-0.2, -0.15) is 0 Å². The molecule has 0 aromatic heterocycles. The zero-order chi connectivity index (χ0) is 14.4. The van der Waals surface area contributed by atoms with E-state index in [0.29, 0.717) is 22.9 Å². The van der Waals surface area contributed by atoms with Gasteiger partial charge in [-0.1, -0.05) is 35.9 Å². The summed E-state index contributed by atoms with van der Waals surface area (Å²) in [6.07, 6.45) is 0.407. The van der Waals surface area contributed by atoms with Gasteiger partial charge < -0.3 is 11.1 Å². The summed E-state index contributed by atoms with van der Waals surface area (Å²) < 4.78 is 0. The summed E-state index contributed by atoms with van der Waals surface area (Å²) in [6, 6.07) is 14.8. The maximum absolute atomic E-state index is 11.8. The van der Waals surface area contributed by atoms with Gasteiger partial charge in [0.05, 0.1) is 5.02 Å². The smallest absolute Gasteiger partial charge is 0.225 e. The van der Waals surface area contributed by atoms with Crippen molar-refractivity contribution in [2.75, 3.05) is 16.8 Å². The number of amides is 1. The van der Waals surface area contributed by atoms with Gasteiger partial charge in [0, 0.05) is 28.4 Å². The highest BCUT2D eigenvalue weighted by Gasteiger charge is 2.07. The Morgan fingerprint density at radius 1 is 1.15 bits per heavy atom. The van der Waals surface area contributed by atoms with Gasteiger partial charge in [0.2, 0.25) is 5.91 Å². The molecule has 0 aliphatic carbocycles. The molecule has 0 aliphatic rings. The molecule has 0 spiro atoms. The average molecular weight is 307 g/mol. The van der Waals surface area contributed by atoms with Crippen molar-refractivity contribution in [3.05, 3.63) is 53.6 Å². The van der Waals surface area contributed by atoms with Gasteiger partial charge in [-0.3, -0.25) is 4.79 Å². The molecule has 0 saturated heterocycles. The molecule has 2 rings (SSSR count). The zero-order valence-electron chi connectivity index (χ0n) is 10.8. The number of anilines is 2. The predicted molar refractivity (Wildman–Crippen MR) is 86.3 cm³/mol. The highest BCUT2D eigenvalue weighted by Crippen LogP contribution is 2.32. The fourth-order valence-corrected chi connectivity index (χ4v) is 2.95. The number of nitrogens with one attached hydrogen (secondary N) is 1. The molecule has 0 saturated carbocycles. The van der Waals surface area contributed by atoms with Gasteiger partial charge >= 0.3 is 0 Å². The van der Waals surface area contributed by atoms with Crippen LogP contribution in [0.3, 0.4) is 0 Å². The van der Waals surface area contributed by atoms with Crippen LogP contribution in [0.4, 0.5) is 11.4 Å². The van der Waals surface area contributed by atoms with Crippen LogP contribution in [0, 0.1) is 0 Å². The second-order valence-corrected chi connectivity index (χ2v) is 5.68. The molecule has 0 heterocycles. The predicted octanol–water partition coefficient (Wildman–Crippen LogP) is 4.04. The SMILES string of the molecule is Nc1cccc(Cl)c1SCCC(=O)Nc1ccccc1. The van der Waals surface area contributed by atoms with Crippen LogP contribution in [0.2, 0.25) is 5.02 Å². The molecule has 0 unspecified atom stereocenters. The lowest BCUT2D eigenvalue weighted by atomic mass is 10.3. The van der Waals surface area contributed by atoms with E-state index in [0.717, 1.165) is 10.6 Å². The number of carbonyl (C=O) groups excluding carboxylic acids is 1. The van der Waals surface area contributed by atoms with E-state index in [1.165, 1.54) is 11.8 Å². The van der Waals surface area contributed by atoms with Crippen LogP contribution >= 0.6 is 23.4 Å². The number of nitrogen functional groups attached to an aromatic ring is 1. The number of benzene rings is 2. The van der Waals surface area contributed by atoms with Crippen molar-refractivity contribution < 1.29 is 4.79 Å². The van der Waals surface area contributed by atoms with Crippen LogP contribution in [-0.2, 0) is 4.79 Å². The van der Waals surface area contributed by atoms with E-state index >= 15 is 0 Å². The maximum atomic E-state index is 11.8. The van der Waals surface area contributed by atoms with E-state index in [2.05, 4.69) is 5.32 Å². The number of thioether (sulfide) groups is 1. The summed E-state index contributed by atoms with van der Waals surface area (Å²) in [5.41, 5.74) is 7.31. The molecule has 104 valence electrons. The standard InChI is InChI=1S/C15H15ClN2OS/c16-12-7-4-8-13(17)15(12)20-10-9-14(19)18-11-5-2-1-3-6-11/h1-8H,9-10,17H2,(H,18,19). The highest BCUT2D eigenvalue weighted by atomic mass is 35.5. The van der Waals surface area contributed by atoms with Crippen LogP contribution in [-0.4, -0.2) is 11.7 Å². The van der Waals surface area contributed by atoms with Crippen LogP contribution in [0.1, 0.15) is 6.42 Å². The number of rotatable bonds is 5. The van der Waals surface area contributed by atoms with Crippen molar-refractivity contribution in [3.63, 3.8) is 0 Å². The summed E-state index contributed by atoms with van der Waals surface area (Å²) in [5.74, 6) is 0.612. The number of halogens is 1. The van der Waals surface area contributed by atoms with Crippen molar-refractivity contribution in [1.82, 2.24) is 0 Å². The van der Waals surface area contributed by atoms with E-state index in [1.807, 2.05) is 36.4 Å². The van der Waals surface area contributed by atoms with Crippen molar-refractivity contribution in [2.24, 2.45) is 0 Å². The Labute approximate surface area is 127 Å². The van der Waals surface area contributed by atoms with Crippen molar-refractivity contribution >= 4 is 40.6 Å². The minimum absolute atomic E-state index is 0.0191. The fraction of sp³-hybridized carbons (Fsp3) is 0.133. The molecule has 0 fully saturated rings. The molecule has 1 amide bonds. The van der Waals surface area contributed by atoms with Crippen molar-refractivity contribution in [2.45, 2.75) is 11.3 Å². The van der Waals surface area contributed by atoms with Gasteiger partial charge in [0.1, 0.15) is 0 Å². The number of hydrogen-bond acceptors (Lipinski definition) is 3. The summed E-state index contributed by atoms with van der Waals surface area (Å²) in [6.45, 7) is 0. The number of para-hydroxylation sites is 1. The molecule has 0 radical (unpaired) electrons. The number of carbonyl (C=O) groups is 1. The second kappa shape index (κ2) is 7.22. The first kappa shape index (κ1) is 14.8. The molecule has 2 aromatic rings. The average Bonchev–Trinajstić information content (AvgIpc) is 2.43. The van der Waals surface area contributed by atoms with E-state index < -0.39 is 0 Å². The van der Waals surface area contributed by atoms with Crippen LogP contribution < -0.4 is 11.1 Å². The monoisotopic (exact) mass is 306 g/mol. The lowest BCUT2D eigenvalue weighted by Gasteiger charge is -2.08. The van der Waals surface area contributed by atoms with E-state index in [9.17, 15) is 4.79 Å². The minimum Gasteiger partial charge on any atom is -0.398 e. The Hall–Kier alpha value is -1.65. The molecular formula is C15H15ClN2OS. The molecule has 5 heteroatoms. The largest absolute Gasteiger partial charge is 0.398 e. The molecule has 2 aromatic carbocycles. The minimum atomic E-state index is -0.0191. The third kappa shape index (κ3) is 4.18. The third-order valence-electron chi connectivity index (χ3n) is 2.63. The first-order valence-corrected chi connectivity index (χ1v) is 7.55. The van der Waals surface area contributed by atoms with Crippen LogP contribution in [0.5, 0.6) is 0 Å². The summed E-state index contributed by atoms with van der Waals surface area (Å²) in [5, 5.41) is 3.46. The lowest BCUT2D eigenvalue weighted by molar-refractivity contribution is -0.115. The Kier molecular flexibility index (Phi) is 5.32. The summed E-state index contributed by atoms with van der Waals surface area (Å²) in [7, 11) is 0. The van der Waals surface area contributed by atoms with Crippen molar-refractivity contribution in [3.8, 4) is 0 Å². The quantitative estimate of drug-likeness (QED) is 0.647. The molecule has 3 nitrogen and oxygen atoms in total. The Balaban J connectivity index is 1.83.